The summed E-state index contributed by atoms with van der Waals surface area (Å²) in [6, 6.07) is 63.8. The van der Waals surface area contributed by atoms with E-state index in [9.17, 15) is 14.7 Å². The molecule has 9 rings (SSSR count). The van der Waals surface area contributed by atoms with E-state index in [0.717, 1.165) is 73.5 Å². The topological polar surface area (TPSA) is 94.7 Å². The number of benzene rings is 7. The summed E-state index contributed by atoms with van der Waals surface area (Å²) >= 11 is 12.7. The second-order valence-corrected chi connectivity index (χ2v) is 17.1. The molecule has 0 aliphatic heterocycles. The van der Waals surface area contributed by atoms with Crippen LogP contribution in [0.1, 0.15) is 61.8 Å². The van der Waals surface area contributed by atoms with Crippen molar-refractivity contribution in [3.63, 3.8) is 0 Å². The molecule has 2 N–H and O–H groups in total. The largest absolute Gasteiger partial charge is 0.488 e. The molecule has 0 saturated heterocycles. The third kappa shape index (κ3) is 11.2. The molecule has 8 nitrogen and oxygen atoms in total. The number of carboxylic acid groups (broad SMARTS) is 1. The van der Waals surface area contributed by atoms with Gasteiger partial charge in [-0.3, -0.25) is 4.79 Å². The zero-order valence-corrected chi connectivity index (χ0v) is 39.3. The number of carbonyl (C=O) groups excluding carboxylic acids is 1. The minimum Gasteiger partial charge on any atom is -0.488 e. The highest BCUT2D eigenvalue weighted by molar-refractivity contribution is 6.31. The maximum Gasteiger partial charge on any atom is 0.335 e. The van der Waals surface area contributed by atoms with Crippen LogP contribution in [0, 0.1) is 13.8 Å². The Labute approximate surface area is 406 Å². The number of carboxylic acids is 1. The van der Waals surface area contributed by atoms with Gasteiger partial charge in [-0.05, 0) is 147 Å². The standard InChI is InChI=1S/C33H29ClN2O2.C25H20ClNO3/c1-23-13-19-31(30-21-28(34)16-20-32(30)38-22-25-9-5-3-6-10-25)36(23)29-17-14-27(15-18-29)33(37)35-24(2)26-11-7-4-8-12-26;1-17-7-13-23(27(17)21-11-8-19(9-12-21)25(28)29)22-15-20(26)10-14-24(22)30-16-18-5-3-2-4-6-18/h3-21,24H,22H2,1-2H3,(H,35,37);2-15H,16H2,1H3,(H,28,29)/t24-;/m1./s1. The van der Waals surface area contributed by atoms with Gasteiger partial charge in [0.25, 0.3) is 5.91 Å². The molecule has 0 fully saturated rings. The lowest BCUT2D eigenvalue weighted by atomic mass is 10.1. The van der Waals surface area contributed by atoms with Crippen molar-refractivity contribution >= 4 is 35.1 Å². The Hall–Kier alpha value is -7.78. The highest BCUT2D eigenvalue weighted by Gasteiger charge is 2.18. The highest BCUT2D eigenvalue weighted by Crippen LogP contribution is 2.38. The minimum absolute atomic E-state index is 0.0844. The maximum atomic E-state index is 12.9. The Morgan fingerprint density at radius 1 is 0.529 bits per heavy atom. The molecule has 68 heavy (non-hydrogen) atoms. The van der Waals surface area contributed by atoms with E-state index in [-0.39, 0.29) is 17.5 Å². The van der Waals surface area contributed by atoms with Gasteiger partial charge in [0.05, 0.1) is 23.0 Å². The van der Waals surface area contributed by atoms with E-state index >= 15 is 0 Å². The first-order valence-electron chi connectivity index (χ1n) is 22.1. The van der Waals surface area contributed by atoms with Crippen molar-refractivity contribution in [2.45, 2.75) is 40.0 Å². The van der Waals surface area contributed by atoms with Crippen LogP contribution in [-0.2, 0) is 13.2 Å². The summed E-state index contributed by atoms with van der Waals surface area (Å²) in [4.78, 5) is 24.1. The molecule has 0 aliphatic carbocycles. The van der Waals surface area contributed by atoms with Gasteiger partial charge >= 0.3 is 5.97 Å². The number of carbonyl (C=O) groups is 2. The molecule has 10 heteroatoms. The molecule has 1 atom stereocenters. The third-order valence-corrected chi connectivity index (χ3v) is 11.9. The molecule has 9 aromatic rings. The number of hydrogen-bond acceptors (Lipinski definition) is 4. The smallest absolute Gasteiger partial charge is 0.335 e. The molecule has 0 bridgehead atoms. The van der Waals surface area contributed by atoms with Crippen molar-refractivity contribution in [2.75, 3.05) is 0 Å². The van der Waals surface area contributed by atoms with Crippen molar-refractivity contribution in [1.29, 1.82) is 0 Å². The van der Waals surface area contributed by atoms with Crippen molar-refractivity contribution < 1.29 is 24.2 Å². The summed E-state index contributed by atoms with van der Waals surface area (Å²) < 4.78 is 16.6. The van der Waals surface area contributed by atoms with E-state index in [2.05, 4.69) is 33.5 Å². The average molecular weight is 939 g/mol. The van der Waals surface area contributed by atoms with Crippen molar-refractivity contribution in [3.8, 4) is 45.4 Å². The van der Waals surface area contributed by atoms with Crippen LogP contribution in [0.3, 0.4) is 0 Å². The number of aromatic carboxylic acids is 1. The Bertz CT molecular complexity index is 3130. The lowest BCUT2D eigenvalue weighted by Crippen LogP contribution is -2.26. The zero-order valence-electron chi connectivity index (χ0n) is 37.8. The van der Waals surface area contributed by atoms with Gasteiger partial charge in [-0.2, -0.15) is 0 Å². The molecule has 340 valence electrons. The van der Waals surface area contributed by atoms with Crippen molar-refractivity contribution in [1.82, 2.24) is 14.5 Å². The van der Waals surface area contributed by atoms with Gasteiger partial charge in [0.15, 0.2) is 0 Å². The first kappa shape index (κ1) is 46.7. The van der Waals surface area contributed by atoms with Crippen molar-refractivity contribution in [2.24, 2.45) is 0 Å². The van der Waals surface area contributed by atoms with Crippen LogP contribution in [0.2, 0.25) is 10.0 Å². The third-order valence-electron chi connectivity index (χ3n) is 11.5. The van der Waals surface area contributed by atoms with Gasteiger partial charge in [-0.1, -0.05) is 114 Å². The van der Waals surface area contributed by atoms with E-state index in [1.165, 1.54) is 0 Å². The predicted molar refractivity (Wildman–Crippen MR) is 273 cm³/mol. The van der Waals surface area contributed by atoms with Crippen LogP contribution in [0.5, 0.6) is 11.5 Å². The molecular formula is C58H49Cl2N3O5. The summed E-state index contributed by atoms with van der Waals surface area (Å²) in [5.41, 5.74) is 11.6. The normalized spacial score (nSPS) is 11.2. The Morgan fingerprint density at radius 2 is 0.941 bits per heavy atom. The van der Waals surface area contributed by atoms with Crippen molar-refractivity contribution in [3.05, 3.63) is 249 Å². The fourth-order valence-corrected chi connectivity index (χ4v) is 8.27. The fourth-order valence-electron chi connectivity index (χ4n) is 7.93. The van der Waals surface area contributed by atoms with Crippen LogP contribution in [0.15, 0.2) is 200 Å². The molecule has 0 aliphatic rings. The molecule has 0 spiro atoms. The zero-order chi connectivity index (χ0) is 47.6. The predicted octanol–water partition coefficient (Wildman–Crippen LogP) is 14.6. The minimum atomic E-state index is -0.947. The first-order valence-corrected chi connectivity index (χ1v) is 22.9. The summed E-state index contributed by atoms with van der Waals surface area (Å²) in [5.74, 6) is 0.425. The van der Waals surface area contributed by atoms with Gasteiger partial charge in [0.1, 0.15) is 24.7 Å². The van der Waals surface area contributed by atoms with Gasteiger partial charge in [-0.25, -0.2) is 4.79 Å². The number of aryl methyl sites for hydroxylation is 2. The molecule has 0 unspecified atom stereocenters. The lowest BCUT2D eigenvalue weighted by Gasteiger charge is -2.17. The summed E-state index contributed by atoms with van der Waals surface area (Å²) in [5, 5.41) is 13.5. The number of aromatic nitrogens is 2. The van der Waals surface area contributed by atoms with E-state index in [1.807, 2.05) is 178 Å². The van der Waals surface area contributed by atoms with E-state index in [0.29, 0.717) is 28.8 Å². The highest BCUT2D eigenvalue weighted by atomic mass is 35.5. The molecule has 0 radical (unpaired) electrons. The summed E-state index contributed by atoms with van der Waals surface area (Å²) in [7, 11) is 0. The Morgan fingerprint density at radius 3 is 1.37 bits per heavy atom. The van der Waals surface area contributed by atoms with Crippen LogP contribution in [0.25, 0.3) is 33.9 Å². The van der Waals surface area contributed by atoms with Crippen LogP contribution in [-0.4, -0.2) is 26.1 Å². The number of ether oxygens (including phenoxy) is 2. The van der Waals surface area contributed by atoms with Gasteiger partial charge in [-0.15, -0.1) is 0 Å². The Balaban J connectivity index is 0.000000189. The SMILES string of the molecule is Cc1ccc(-c2cc(Cl)ccc2OCc2ccccc2)n1-c1ccc(C(=O)N[C@H](C)c2ccccc2)cc1.Cc1ccc(-c2cc(Cl)ccc2OCc2ccccc2)n1-c1ccc(C(=O)O)cc1. The maximum absolute atomic E-state index is 12.9. The first-order chi connectivity index (χ1) is 33.0. The molecule has 0 saturated carbocycles. The van der Waals surface area contributed by atoms with E-state index < -0.39 is 5.97 Å². The van der Waals surface area contributed by atoms with Gasteiger partial charge in [0.2, 0.25) is 0 Å². The quantitative estimate of drug-likeness (QED) is 0.113. The molecule has 2 heterocycles. The van der Waals surface area contributed by atoms with Gasteiger partial charge in [0, 0.05) is 49.5 Å². The number of rotatable bonds is 14. The van der Waals surface area contributed by atoms with Crippen LogP contribution >= 0.6 is 23.2 Å². The van der Waals surface area contributed by atoms with Crippen LogP contribution < -0.4 is 14.8 Å². The number of nitrogens with zero attached hydrogens (tertiary/aromatic N) is 2. The lowest BCUT2D eigenvalue weighted by molar-refractivity contribution is 0.0696. The van der Waals surface area contributed by atoms with Crippen LogP contribution in [0.4, 0.5) is 0 Å². The van der Waals surface area contributed by atoms with Gasteiger partial charge < -0.3 is 29.0 Å². The second-order valence-electron chi connectivity index (χ2n) is 16.2. The molecule has 7 aromatic carbocycles. The summed E-state index contributed by atoms with van der Waals surface area (Å²) in [6.45, 7) is 6.95. The monoisotopic (exact) mass is 937 g/mol. The Kier molecular flexibility index (Phi) is 14.9. The molecule has 2 aromatic heterocycles. The van der Waals surface area contributed by atoms with E-state index in [4.69, 9.17) is 32.7 Å². The van der Waals surface area contributed by atoms with E-state index in [1.54, 1.807) is 24.3 Å². The second kappa shape index (κ2) is 21.7. The summed E-state index contributed by atoms with van der Waals surface area (Å²) in [6.07, 6.45) is 0. The number of amides is 1. The average Bonchev–Trinajstić information content (AvgIpc) is 3.95. The number of nitrogens with one attached hydrogen (secondary N) is 1. The number of halogens is 2. The number of hydrogen-bond donors (Lipinski definition) is 2. The molecular weight excluding hydrogens is 890 g/mol. The fraction of sp³-hybridized carbons (Fsp3) is 0.103. The molecule has 1 amide bonds.